The first-order valence-corrected chi connectivity index (χ1v) is 11.0. The molecule has 7 heteroatoms. The van der Waals surface area contributed by atoms with Gasteiger partial charge in [0, 0.05) is 17.6 Å². The van der Waals surface area contributed by atoms with Crippen LogP contribution in [0.3, 0.4) is 0 Å². The molecule has 166 valence electrons. The summed E-state index contributed by atoms with van der Waals surface area (Å²) >= 11 is 0. The van der Waals surface area contributed by atoms with Gasteiger partial charge in [-0.05, 0) is 73.3 Å². The first-order valence-electron chi connectivity index (χ1n) is 11.0. The fourth-order valence-electron chi connectivity index (χ4n) is 4.08. The monoisotopic (exact) mass is 430 g/mol. The first kappa shape index (κ1) is 21.9. The Morgan fingerprint density at radius 3 is 2.53 bits per heavy atom. The zero-order valence-electron chi connectivity index (χ0n) is 19.3. The van der Waals surface area contributed by atoms with Gasteiger partial charge >= 0.3 is 0 Å². The predicted molar refractivity (Wildman–Crippen MR) is 126 cm³/mol. The third-order valence-corrected chi connectivity index (χ3v) is 5.70. The highest BCUT2D eigenvalue weighted by molar-refractivity contribution is 5.79. The summed E-state index contributed by atoms with van der Waals surface area (Å²) in [6.07, 6.45) is 0. The van der Waals surface area contributed by atoms with Crippen molar-refractivity contribution in [1.82, 2.24) is 30.1 Å². The summed E-state index contributed by atoms with van der Waals surface area (Å²) in [6.45, 7) is 11.7. The number of hydrogen-bond donors (Lipinski definition) is 1. The maximum atomic E-state index is 13.4. The number of nitrogens with zero attached hydrogens (tertiary/aromatic N) is 5. The first-order chi connectivity index (χ1) is 15.3. The van der Waals surface area contributed by atoms with Crippen LogP contribution < -0.4 is 5.56 Å². The molecule has 4 aromatic rings. The van der Waals surface area contributed by atoms with E-state index in [0.717, 1.165) is 23.0 Å². The maximum Gasteiger partial charge on any atom is 0.253 e. The smallest absolute Gasteiger partial charge is 0.253 e. The molecule has 0 bridgehead atoms. The molecule has 4 rings (SSSR count). The molecule has 32 heavy (non-hydrogen) atoms. The molecule has 2 heterocycles. The highest BCUT2D eigenvalue weighted by Crippen LogP contribution is 2.30. The van der Waals surface area contributed by atoms with E-state index in [1.807, 2.05) is 48.0 Å². The normalized spacial score (nSPS) is 13.1. The molecular weight excluding hydrogens is 400 g/mol. The van der Waals surface area contributed by atoms with E-state index in [1.165, 1.54) is 5.56 Å². The van der Waals surface area contributed by atoms with Gasteiger partial charge < -0.3 is 4.98 Å². The maximum absolute atomic E-state index is 13.4. The highest BCUT2D eigenvalue weighted by Gasteiger charge is 2.32. The van der Waals surface area contributed by atoms with Crippen LogP contribution in [0.25, 0.3) is 10.9 Å². The zero-order chi connectivity index (χ0) is 22.9. The number of aryl methyl sites for hydroxylation is 1. The fraction of sp³-hybridized carbons (Fsp3) is 0.360. The molecule has 1 N–H and O–H groups in total. The number of H-pyrrole nitrogens is 1. The van der Waals surface area contributed by atoms with E-state index in [0.29, 0.717) is 17.9 Å². The molecule has 1 unspecified atom stereocenters. The minimum absolute atomic E-state index is 0.122. The Labute approximate surface area is 188 Å². The molecule has 0 radical (unpaired) electrons. The van der Waals surface area contributed by atoms with E-state index in [-0.39, 0.29) is 11.1 Å². The Balaban J connectivity index is 1.91. The lowest BCUT2D eigenvalue weighted by Crippen LogP contribution is -2.37. The molecular formula is C25H30N6O. The Bertz CT molecular complexity index is 1270. The topological polar surface area (TPSA) is 79.7 Å². The number of aromatic nitrogens is 5. The van der Waals surface area contributed by atoms with Crippen molar-refractivity contribution < 1.29 is 0 Å². The summed E-state index contributed by atoms with van der Waals surface area (Å²) in [5.41, 5.74) is 3.29. The van der Waals surface area contributed by atoms with Crippen LogP contribution in [0.4, 0.5) is 0 Å². The number of rotatable bonds is 6. The van der Waals surface area contributed by atoms with Crippen LogP contribution in [-0.4, -0.2) is 36.6 Å². The van der Waals surface area contributed by atoms with Crippen LogP contribution in [0.2, 0.25) is 0 Å². The average molecular weight is 431 g/mol. The molecule has 0 spiro atoms. The minimum Gasteiger partial charge on any atom is -0.322 e. The van der Waals surface area contributed by atoms with Gasteiger partial charge in [0.15, 0.2) is 5.82 Å². The zero-order valence-corrected chi connectivity index (χ0v) is 19.3. The SMILES string of the molecule is CCN(Cc1ccccc1)C(c1cc2ccc(C)cc2[nH]c1=O)c1nnnn1C(C)(C)C. The second-order valence-corrected chi connectivity index (χ2v) is 9.22. The molecule has 2 aromatic carbocycles. The Morgan fingerprint density at radius 2 is 1.84 bits per heavy atom. The van der Waals surface area contributed by atoms with Crippen molar-refractivity contribution in [3.8, 4) is 0 Å². The second-order valence-electron chi connectivity index (χ2n) is 9.22. The largest absolute Gasteiger partial charge is 0.322 e. The van der Waals surface area contributed by atoms with Gasteiger partial charge in [-0.2, -0.15) is 0 Å². The lowest BCUT2D eigenvalue weighted by molar-refractivity contribution is 0.202. The van der Waals surface area contributed by atoms with Crippen molar-refractivity contribution in [2.45, 2.75) is 52.7 Å². The number of benzene rings is 2. The third kappa shape index (κ3) is 4.34. The van der Waals surface area contributed by atoms with Crippen LogP contribution in [0, 0.1) is 6.92 Å². The summed E-state index contributed by atoms with van der Waals surface area (Å²) in [5.74, 6) is 0.659. The van der Waals surface area contributed by atoms with Gasteiger partial charge in [-0.1, -0.05) is 49.4 Å². The molecule has 2 aromatic heterocycles. The Hall–Kier alpha value is -3.32. The Morgan fingerprint density at radius 1 is 1.09 bits per heavy atom. The fourth-order valence-corrected chi connectivity index (χ4v) is 4.08. The van der Waals surface area contributed by atoms with Crippen molar-refractivity contribution in [2.24, 2.45) is 0 Å². The van der Waals surface area contributed by atoms with Gasteiger partial charge in [0.05, 0.1) is 5.54 Å². The quantitative estimate of drug-likeness (QED) is 0.496. The number of aromatic amines is 1. The van der Waals surface area contributed by atoms with Crippen molar-refractivity contribution in [2.75, 3.05) is 6.54 Å². The van der Waals surface area contributed by atoms with Crippen molar-refractivity contribution in [1.29, 1.82) is 0 Å². The average Bonchev–Trinajstić information content (AvgIpc) is 3.24. The van der Waals surface area contributed by atoms with Gasteiger partial charge in [-0.15, -0.1) is 5.10 Å². The van der Waals surface area contributed by atoms with Crippen LogP contribution >= 0.6 is 0 Å². The lowest BCUT2D eigenvalue weighted by atomic mass is 10.0. The van der Waals surface area contributed by atoms with E-state index < -0.39 is 6.04 Å². The summed E-state index contributed by atoms with van der Waals surface area (Å²) < 4.78 is 1.82. The second kappa shape index (κ2) is 8.67. The Kier molecular flexibility index (Phi) is 5.93. The number of tetrazole rings is 1. The van der Waals surface area contributed by atoms with Crippen molar-refractivity contribution >= 4 is 10.9 Å². The van der Waals surface area contributed by atoms with Gasteiger partial charge in [0.25, 0.3) is 5.56 Å². The van der Waals surface area contributed by atoms with Gasteiger partial charge in [-0.3, -0.25) is 9.69 Å². The predicted octanol–water partition coefficient (Wildman–Crippen LogP) is 4.19. The van der Waals surface area contributed by atoms with Crippen LogP contribution in [-0.2, 0) is 12.1 Å². The molecule has 0 amide bonds. The molecule has 0 fully saturated rings. The molecule has 1 atom stereocenters. The number of fused-ring (bicyclic) bond motifs is 1. The highest BCUT2D eigenvalue weighted by atomic mass is 16.1. The summed E-state index contributed by atoms with van der Waals surface area (Å²) in [4.78, 5) is 18.7. The molecule has 0 aliphatic rings. The third-order valence-electron chi connectivity index (χ3n) is 5.70. The van der Waals surface area contributed by atoms with Crippen molar-refractivity contribution in [3.05, 3.63) is 87.5 Å². The number of pyridine rings is 1. The van der Waals surface area contributed by atoms with E-state index in [1.54, 1.807) is 0 Å². The van der Waals surface area contributed by atoms with Crippen molar-refractivity contribution in [3.63, 3.8) is 0 Å². The standard InChI is InChI=1S/C25H30N6O/c1-6-30(16-18-10-8-7-9-11-18)22(23-27-28-29-31(23)25(3,4)5)20-15-19-13-12-17(2)14-21(19)26-24(20)32/h7-15,22H,6,16H2,1-5H3,(H,26,32). The summed E-state index contributed by atoms with van der Waals surface area (Å²) in [6, 6.07) is 17.9. The minimum atomic E-state index is -0.399. The molecule has 0 aliphatic carbocycles. The van der Waals surface area contributed by atoms with Gasteiger partial charge in [-0.25, -0.2) is 4.68 Å². The van der Waals surface area contributed by atoms with Crippen LogP contribution in [0.1, 0.15) is 56.3 Å². The van der Waals surface area contributed by atoms with Gasteiger partial charge in [0.1, 0.15) is 6.04 Å². The summed E-state index contributed by atoms with van der Waals surface area (Å²) in [7, 11) is 0. The van der Waals surface area contributed by atoms with Gasteiger partial charge in [0.2, 0.25) is 0 Å². The molecule has 0 saturated heterocycles. The molecule has 0 aliphatic heterocycles. The molecule has 7 nitrogen and oxygen atoms in total. The summed E-state index contributed by atoms with van der Waals surface area (Å²) in [5, 5.41) is 13.7. The number of hydrogen-bond acceptors (Lipinski definition) is 5. The van der Waals surface area contributed by atoms with E-state index in [9.17, 15) is 4.79 Å². The van der Waals surface area contributed by atoms with E-state index >= 15 is 0 Å². The lowest BCUT2D eigenvalue weighted by Gasteiger charge is -2.32. The van der Waals surface area contributed by atoms with E-state index in [4.69, 9.17) is 0 Å². The van der Waals surface area contributed by atoms with Crippen LogP contribution in [0.15, 0.2) is 59.4 Å². The molecule has 0 saturated carbocycles. The van der Waals surface area contributed by atoms with Crippen LogP contribution in [0.5, 0.6) is 0 Å². The number of nitrogens with one attached hydrogen (secondary N) is 1. The van der Waals surface area contributed by atoms with E-state index in [2.05, 4.69) is 71.3 Å².